The molecule has 20 heavy (non-hydrogen) atoms. The van der Waals surface area contributed by atoms with Crippen molar-refractivity contribution >= 4 is 17.4 Å². The summed E-state index contributed by atoms with van der Waals surface area (Å²) in [5.41, 5.74) is 0.636. The molecule has 1 atom stereocenters. The maximum absolute atomic E-state index is 12.4. The van der Waals surface area contributed by atoms with E-state index in [1.54, 1.807) is 24.3 Å². The van der Waals surface area contributed by atoms with Crippen LogP contribution in [0.3, 0.4) is 0 Å². The predicted octanol–water partition coefficient (Wildman–Crippen LogP) is 3.12. The van der Waals surface area contributed by atoms with Gasteiger partial charge in [-0.2, -0.15) is 8.78 Å². The number of aliphatic hydroxyl groups is 1. The largest absolute Gasteiger partial charge is 0.390 e. The SMILES string of the molecule is CCN(CC)CC(O)CNc1ccccc1SC(F)F. The zero-order chi connectivity index (χ0) is 15.0. The Morgan fingerprint density at radius 3 is 2.50 bits per heavy atom. The zero-order valence-corrected chi connectivity index (χ0v) is 12.7. The number of hydrogen-bond acceptors (Lipinski definition) is 4. The highest BCUT2D eigenvalue weighted by atomic mass is 32.2. The molecule has 6 heteroatoms. The first-order chi connectivity index (χ1) is 9.56. The highest BCUT2D eigenvalue weighted by Gasteiger charge is 2.12. The quantitative estimate of drug-likeness (QED) is 0.687. The number of hydrogen-bond donors (Lipinski definition) is 2. The van der Waals surface area contributed by atoms with E-state index >= 15 is 0 Å². The summed E-state index contributed by atoms with van der Waals surface area (Å²) in [5, 5.41) is 13.0. The molecule has 1 aromatic rings. The molecule has 2 N–H and O–H groups in total. The molecule has 1 unspecified atom stereocenters. The molecule has 0 amide bonds. The molecule has 0 aliphatic carbocycles. The highest BCUT2D eigenvalue weighted by molar-refractivity contribution is 7.99. The Balaban J connectivity index is 2.52. The van der Waals surface area contributed by atoms with Crippen LogP contribution >= 0.6 is 11.8 Å². The van der Waals surface area contributed by atoms with Gasteiger partial charge in [0.05, 0.1) is 6.10 Å². The number of benzene rings is 1. The average molecular weight is 304 g/mol. The van der Waals surface area contributed by atoms with Crippen LogP contribution in [0.25, 0.3) is 0 Å². The lowest BCUT2D eigenvalue weighted by Gasteiger charge is -2.22. The number of halogens is 2. The third-order valence-corrected chi connectivity index (χ3v) is 3.78. The van der Waals surface area contributed by atoms with Gasteiger partial charge in [0.2, 0.25) is 0 Å². The van der Waals surface area contributed by atoms with E-state index in [-0.39, 0.29) is 0 Å². The molecule has 0 spiro atoms. The first-order valence-corrected chi connectivity index (χ1v) is 7.62. The monoisotopic (exact) mass is 304 g/mol. The van der Waals surface area contributed by atoms with Crippen molar-refractivity contribution in [1.29, 1.82) is 0 Å². The number of anilines is 1. The molecule has 0 radical (unpaired) electrons. The van der Waals surface area contributed by atoms with Crippen molar-refractivity contribution in [1.82, 2.24) is 4.90 Å². The molecule has 0 fully saturated rings. The molecule has 0 aromatic heterocycles. The van der Waals surface area contributed by atoms with E-state index in [0.29, 0.717) is 35.4 Å². The molecule has 0 heterocycles. The van der Waals surface area contributed by atoms with Crippen molar-refractivity contribution in [3.05, 3.63) is 24.3 Å². The highest BCUT2D eigenvalue weighted by Crippen LogP contribution is 2.31. The Bertz CT molecular complexity index is 389. The van der Waals surface area contributed by atoms with Crippen molar-refractivity contribution in [2.45, 2.75) is 30.6 Å². The van der Waals surface area contributed by atoms with Crippen molar-refractivity contribution in [3.8, 4) is 0 Å². The van der Waals surface area contributed by atoms with Gasteiger partial charge in [0.1, 0.15) is 0 Å². The van der Waals surface area contributed by atoms with Gasteiger partial charge in [-0.1, -0.05) is 37.7 Å². The minimum atomic E-state index is -2.45. The van der Waals surface area contributed by atoms with Crippen LogP contribution in [-0.4, -0.2) is 48.0 Å². The number of nitrogens with one attached hydrogen (secondary N) is 1. The summed E-state index contributed by atoms with van der Waals surface area (Å²) >= 11 is 0.512. The van der Waals surface area contributed by atoms with E-state index in [1.165, 1.54) is 0 Å². The number of thioether (sulfide) groups is 1. The summed E-state index contributed by atoms with van der Waals surface area (Å²) in [6, 6.07) is 6.90. The van der Waals surface area contributed by atoms with Gasteiger partial charge in [-0.25, -0.2) is 0 Å². The third-order valence-electron chi connectivity index (χ3n) is 2.99. The van der Waals surface area contributed by atoms with Crippen LogP contribution in [0.15, 0.2) is 29.2 Å². The van der Waals surface area contributed by atoms with Crippen LogP contribution in [0.1, 0.15) is 13.8 Å². The van der Waals surface area contributed by atoms with E-state index in [1.807, 2.05) is 13.8 Å². The Morgan fingerprint density at radius 2 is 1.90 bits per heavy atom. The molecular weight excluding hydrogens is 282 g/mol. The van der Waals surface area contributed by atoms with E-state index in [2.05, 4.69) is 10.2 Å². The van der Waals surface area contributed by atoms with Crippen molar-refractivity contribution in [2.24, 2.45) is 0 Å². The summed E-state index contributed by atoms with van der Waals surface area (Å²) in [7, 11) is 0. The van der Waals surface area contributed by atoms with Gasteiger partial charge in [-0.05, 0) is 25.2 Å². The van der Waals surface area contributed by atoms with Gasteiger partial charge in [0.15, 0.2) is 0 Å². The van der Waals surface area contributed by atoms with E-state index in [0.717, 1.165) is 13.1 Å². The molecule has 0 aliphatic rings. The first-order valence-electron chi connectivity index (χ1n) is 6.74. The molecule has 1 aromatic carbocycles. The fraction of sp³-hybridized carbons (Fsp3) is 0.571. The Morgan fingerprint density at radius 1 is 1.25 bits per heavy atom. The normalized spacial score (nSPS) is 12.9. The Labute approximate surface area is 123 Å². The maximum atomic E-state index is 12.4. The predicted molar refractivity (Wildman–Crippen MR) is 80.6 cm³/mol. The van der Waals surface area contributed by atoms with Gasteiger partial charge in [0, 0.05) is 23.7 Å². The number of alkyl halides is 2. The lowest BCUT2D eigenvalue weighted by atomic mass is 10.2. The van der Waals surface area contributed by atoms with Crippen LogP contribution in [-0.2, 0) is 0 Å². The molecule has 3 nitrogen and oxygen atoms in total. The first kappa shape index (κ1) is 17.2. The lowest BCUT2D eigenvalue weighted by molar-refractivity contribution is 0.128. The molecule has 0 aliphatic heterocycles. The number of aliphatic hydroxyl groups excluding tert-OH is 1. The minimum Gasteiger partial charge on any atom is -0.390 e. The summed E-state index contributed by atoms with van der Waals surface area (Å²) in [6.07, 6.45) is -0.528. The van der Waals surface area contributed by atoms with Crippen molar-refractivity contribution < 1.29 is 13.9 Å². The number of nitrogens with zero attached hydrogens (tertiary/aromatic N) is 1. The second-order valence-electron chi connectivity index (χ2n) is 4.40. The Hall–Kier alpha value is -0.850. The minimum absolute atomic E-state index is 0.345. The molecule has 114 valence electrons. The fourth-order valence-corrected chi connectivity index (χ4v) is 2.50. The topological polar surface area (TPSA) is 35.5 Å². The third kappa shape index (κ3) is 6.07. The molecule has 0 bridgehead atoms. The number of rotatable bonds is 9. The summed E-state index contributed by atoms with van der Waals surface area (Å²) in [5.74, 6) is -2.45. The average Bonchev–Trinajstić information content (AvgIpc) is 2.43. The fourth-order valence-electron chi connectivity index (χ4n) is 1.88. The van der Waals surface area contributed by atoms with Gasteiger partial charge < -0.3 is 15.3 Å². The standard InChI is InChI=1S/C14H22F2N2OS/c1-3-18(4-2)10-11(19)9-17-12-7-5-6-8-13(12)20-14(15)16/h5-8,11,14,17,19H,3-4,9-10H2,1-2H3. The molecular formula is C14H22F2N2OS. The maximum Gasteiger partial charge on any atom is 0.288 e. The number of likely N-dealkylation sites (N-methyl/N-ethyl adjacent to an activating group) is 1. The number of para-hydroxylation sites is 1. The van der Waals surface area contributed by atoms with Crippen LogP contribution in [0.4, 0.5) is 14.5 Å². The van der Waals surface area contributed by atoms with Crippen LogP contribution in [0, 0.1) is 0 Å². The van der Waals surface area contributed by atoms with E-state index < -0.39 is 11.9 Å². The van der Waals surface area contributed by atoms with E-state index in [4.69, 9.17) is 0 Å². The van der Waals surface area contributed by atoms with Crippen LogP contribution < -0.4 is 5.32 Å². The van der Waals surface area contributed by atoms with Gasteiger partial charge in [0.25, 0.3) is 5.76 Å². The Kier molecular flexibility index (Phi) is 7.87. The van der Waals surface area contributed by atoms with Crippen molar-refractivity contribution in [3.63, 3.8) is 0 Å². The summed E-state index contributed by atoms with van der Waals surface area (Å²) < 4.78 is 24.9. The second kappa shape index (κ2) is 9.15. The zero-order valence-electron chi connectivity index (χ0n) is 11.9. The summed E-state index contributed by atoms with van der Waals surface area (Å²) in [4.78, 5) is 2.61. The molecule has 1 rings (SSSR count). The molecule has 0 saturated heterocycles. The molecule has 0 saturated carbocycles. The second-order valence-corrected chi connectivity index (χ2v) is 5.43. The smallest absolute Gasteiger partial charge is 0.288 e. The van der Waals surface area contributed by atoms with Crippen LogP contribution in [0.2, 0.25) is 0 Å². The lowest BCUT2D eigenvalue weighted by Crippen LogP contribution is -2.36. The van der Waals surface area contributed by atoms with E-state index in [9.17, 15) is 13.9 Å². The van der Waals surface area contributed by atoms with Gasteiger partial charge >= 0.3 is 0 Å². The van der Waals surface area contributed by atoms with Crippen molar-refractivity contribution in [2.75, 3.05) is 31.5 Å². The van der Waals surface area contributed by atoms with Crippen LogP contribution in [0.5, 0.6) is 0 Å². The summed E-state index contributed by atoms with van der Waals surface area (Å²) in [6.45, 7) is 6.76. The van der Waals surface area contributed by atoms with Gasteiger partial charge in [-0.3, -0.25) is 0 Å². The van der Waals surface area contributed by atoms with Gasteiger partial charge in [-0.15, -0.1) is 0 Å².